The summed E-state index contributed by atoms with van der Waals surface area (Å²) in [5, 5.41) is 9.20. The molecule has 1 heterocycles. The van der Waals surface area contributed by atoms with Gasteiger partial charge in [-0.2, -0.15) is 0 Å². The maximum atomic E-state index is 9.20. The van der Waals surface area contributed by atoms with Gasteiger partial charge < -0.3 is 9.84 Å². The molecule has 1 fully saturated rings. The van der Waals surface area contributed by atoms with Gasteiger partial charge in [0.2, 0.25) is 0 Å². The third-order valence-corrected chi connectivity index (χ3v) is 2.85. The number of aliphatic hydroxyl groups is 1. The number of aliphatic hydroxyl groups excluding tert-OH is 1. The number of hydrogen-bond acceptors (Lipinski definition) is 2. The standard InChI is InChI=1S/C12H16O2/c13-9-12-11(7-4-8-14-12)10-5-2-1-3-6-10/h1-3,5-6,11-13H,4,7-9H2. The van der Waals surface area contributed by atoms with Crippen molar-refractivity contribution in [2.45, 2.75) is 24.9 Å². The van der Waals surface area contributed by atoms with E-state index in [1.807, 2.05) is 18.2 Å². The summed E-state index contributed by atoms with van der Waals surface area (Å²) in [5.41, 5.74) is 1.28. The highest BCUT2D eigenvalue weighted by Crippen LogP contribution is 2.30. The molecule has 14 heavy (non-hydrogen) atoms. The van der Waals surface area contributed by atoms with Gasteiger partial charge in [0.05, 0.1) is 12.7 Å². The molecule has 1 N–H and O–H groups in total. The Morgan fingerprint density at radius 2 is 2.07 bits per heavy atom. The summed E-state index contributed by atoms with van der Waals surface area (Å²) >= 11 is 0. The Morgan fingerprint density at radius 3 is 2.79 bits per heavy atom. The third-order valence-electron chi connectivity index (χ3n) is 2.85. The van der Waals surface area contributed by atoms with Crippen molar-refractivity contribution in [3.63, 3.8) is 0 Å². The highest BCUT2D eigenvalue weighted by atomic mass is 16.5. The minimum atomic E-state index is -0.00819. The molecule has 0 bridgehead atoms. The van der Waals surface area contributed by atoms with E-state index in [4.69, 9.17) is 4.74 Å². The minimum absolute atomic E-state index is 0.00819. The molecule has 0 saturated carbocycles. The van der Waals surface area contributed by atoms with Crippen LogP contribution in [-0.2, 0) is 4.74 Å². The van der Waals surface area contributed by atoms with Crippen LogP contribution in [0.5, 0.6) is 0 Å². The van der Waals surface area contributed by atoms with Crippen LogP contribution in [0.15, 0.2) is 30.3 Å². The number of rotatable bonds is 2. The van der Waals surface area contributed by atoms with Crippen molar-refractivity contribution >= 4 is 0 Å². The largest absolute Gasteiger partial charge is 0.394 e. The lowest BCUT2D eigenvalue weighted by atomic mass is 9.88. The van der Waals surface area contributed by atoms with E-state index >= 15 is 0 Å². The van der Waals surface area contributed by atoms with E-state index in [1.165, 1.54) is 5.56 Å². The predicted molar refractivity (Wildman–Crippen MR) is 55.2 cm³/mol. The molecule has 2 unspecified atom stereocenters. The van der Waals surface area contributed by atoms with E-state index in [2.05, 4.69) is 12.1 Å². The molecule has 0 aliphatic carbocycles. The Morgan fingerprint density at radius 1 is 1.29 bits per heavy atom. The van der Waals surface area contributed by atoms with E-state index in [9.17, 15) is 5.11 Å². The molecular formula is C12H16O2. The Bertz CT molecular complexity index is 271. The van der Waals surface area contributed by atoms with E-state index in [-0.39, 0.29) is 12.7 Å². The Balaban J connectivity index is 2.15. The van der Waals surface area contributed by atoms with Crippen LogP contribution in [0.1, 0.15) is 24.3 Å². The molecule has 1 aliphatic heterocycles. The first-order valence-electron chi connectivity index (χ1n) is 5.19. The van der Waals surface area contributed by atoms with Crippen LogP contribution < -0.4 is 0 Å². The monoisotopic (exact) mass is 192 g/mol. The van der Waals surface area contributed by atoms with Crippen molar-refractivity contribution in [3.8, 4) is 0 Å². The quantitative estimate of drug-likeness (QED) is 0.776. The third kappa shape index (κ3) is 1.97. The van der Waals surface area contributed by atoms with Crippen LogP contribution in [0.25, 0.3) is 0 Å². The number of hydrogen-bond donors (Lipinski definition) is 1. The molecule has 0 radical (unpaired) electrons. The summed E-state index contributed by atoms with van der Waals surface area (Å²) in [7, 11) is 0. The molecule has 1 aliphatic rings. The molecule has 1 aromatic rings. The van der Waals surface area contributed by atoms with Crippen molar-refractivity contribution in [2.24, 2.45) is 0 Å². The van der Waals surface area contributed by atoms with Crippen LogP contribution >= 0.6 is 0 Å². The molecule has 2 rings (SSSR count). The van der Waals surface area contributed by atoms with Crippen molar-refractivity contribution in [3.05, 3.63) is 35.9 Å². The molecular weight excluding hydrogens is 176 g/mol. The van der Waals surface area contributed by atoms with Gasteiger partial charge in [-0.05, 0) is 18.4 Å². The van der Waals surface area contributed by atoms with Gasteiger partial charge in [-0.3, -0.25) is 0 Å². The summed E-state index contributed by atoms with van der Waals surface area (Å²) < 4.78 is 5.54. The van der Waals surface area contributed by atoms with Crippen LogP contribution in [-0.4, -0.2) is 24.4 Å². The molecule has 1 saturated heterocycles. The average molecular weight is 192 g/mol. The molecule has 2 atom stereocenters. The fourth-order valence-electron chi connectivity index (χ4n) is 2.10. The van der Waals surface area contributed by atoms with Gasteiger partial charge in [0.15, 0.2) is 0 Å². The Hall–Kier alpha value is -0.860. The summed E-state index contributed by atoms with van der Waals surface area (Å²) in [4.78, 5) is 0. The normalized spacial score (nSPS) is 27.5. The van der Waals surface area contributed by atoms with Gasteiger partial charge in [0.1, 0.15) is 0 Å². The first-order chi connectivity index (χ1) is 6.92. The number of ether oxygens (including phenoxy) is 1. The molecule has 0 aromatic heterocycles. The van der Waals surface area contributed by atoms with Crippen LogP contribution in [0.3, 0.4) is 0 Å². The first-order valence-corrected chi connectivity index (χ1v) is 5.19. The van der Waals surface area contributed by atoms with Crippen LogP contribution in [0, 0.1) is 0 Å². The van der Waals surface area contributed by atoms with Gasteiger partial charge in [0, 0.05) is 12.5 Å². The van der Waals surface area contributed by atoms with Crippen LogP contribution in [0.4, 0.5) is 0 Å². The van der Waals surface area contributed by atoms with E-state index in [0.29, 0.717) is 5.92 Å². The zero-order valence-electron chi connectivity index (χ0n) is 8.23. The minimum Gasteiger partial charge on any atom is -0.394 e. The molecule has 0 amide bonds. The maximum absolute atomic E-state index is 9.20. The molecule has 2 heteroatoms. The van der Waals surface area contributed by atoms with Gasteiger partial charge >= 0.3 is 0 Å². The lowest BCUT2D eigenvalue weighted by Crippen LogP contribution is -2.30. The van der Waals surface area contributed by atoms with Gasteiger partial charge in [-0.15, -0.1) is 0 Å². The smallest absolute Gasteiger partial charge is 0.0874 e. The van der Waals surface area contributed by atoms with E-state index < -0.39 is 0 Å². The second-order valence-corrected chi connectivity index (χ2v) is 3.75. The second-order valence-electron chi connectivity index (χ2n) is 3.75. The van der Waals surface area contributed by atoms with E-state index in [1.54, 1.807) is 0 Å². The number of benzene rings is 1. The zero-order chi connectivity index (χ0) is 9.80. The lowest BCUT2D eigenvalue weighted by molar-refractivity contribution is -0.0321. The zero-order valence-corrected chi connectivity index (χ0v) is 8.23. The van der Waals surface area contributed by atoms with Crippen molar-refractivity contribution < 1.29 is 9.84 Å². The first kappa shape index (κ1) is 9.69. The van der Waals surface area contributed by atoms with Gasteiger partial charge in [0.25, 0.3) is 0 Å². The van der Waals surface area contributed by atoms with E-state index in [0.717, 1.165) is 19.4 Å². The van der Waals surface area contributed by atoms with Crippen molar-refractivity contribution in [1.82, 2.24) is 0 Å². The molecule has 0 spiro atoms. The summed E-state index contributed by atoms with van der Waals surface area (Å²) in [6, 6.07) is 10.3. The van der Waals surface area contributed by atoms with Gasteiger partial charge in [-0.25, -0.2) is 0 Å². The summed E-state index contributed by atoms with van der Waals surface area (Å²) in [5.74, 6) is 0.370. The predicted octanol–water partition coefficient (Wildman–Crippen LogP) is 1.94. The molecule has 2 nitrogen and oxygen atoms in total. The lowest BCUT2D eigenvalue weighted by Gasteiger charge is -2.30. The highest BCUT2D eigenvalue weighted by Gasteiger charge is 2.26. The summed E-state index contributed by atoms with van der Waals surface area (Å²) in [6.07, 6.45) is 2.21. The Kier molecular flexibility index (Phi) is 3.17. The second kappa shape index (κ2) is 4.58. The highest BCUT2D eigenvalue weighted by molar-refractivity contribution is 5.21. The fraction of sp³-hybridized carbons (Fsp3) is 0.500. The topological polar surface area (TPSA) is 29.5 Å². The summed E-state index contributed by atoms with van der Waals surface area (Å²) in [6.45, 7) is 0.911. The SMILES string of the molecule is OCC1OCCCC1c1ccccc1. The van der Waals surface area contributed by atoms with Crippen molar-refractivity contribution in [1.29, 1.82) is 0 Å². The maximum Gasteiger partial charge on any atom is 0.0874 e. The Labute approximate surface area is 84.5 Å². The average Bonchev–Trinajstić information content (AvgIpc) is 2.30. The fourth-order valence-corrected chi connectivity index (χ4v) is 2.10. The molecule has 76 valence electrons. The van der Waals surface area contributed by atoms with Crippen molar-refractivity contribution in [2.75, 3.05) is 13.2 Å². The molecule has 1 aromatic carbocycles. The van der Waals surface area contributed by atoms with Gasteiger partial charge in [-0.1, -0.05) is 30.3 Å². The van der Waals surface area contributed by atoms with Crippen LogP contribution in [0.2, 0.25) is 0 Å².